The number of hydrogen-bond donors (Lipinski definition) is 2. The van der Waals surface area contributed by atoms with Crippen molar-refractivity contribution in [1.29, 1.82) is 0 Å². The molecule has 2 N–H and O–H groups in total. The molecular formula is C19H19ClFN3OS. The number of hydrogen-bond acceptors (Lipinski definition) is 2. The molecule has 4 nitrogen and oxygen atoms in total. The van der Waals surface area contributed by atoms with Crippen LogP contribution in [0.15, 0.2) is 42.5 Å². The average Bonchev–Trinajstić information content (AvgIpc) is 2.65. The Labute approximate surface area is 162 Å². The third-order valence-corrected chi connectivity index (χ3v) is 4.70. The van der Waals surface area contributed by atoms with E-state index in [-0.39, 0.29) is 10.9 Å². The first-order valence-electron chi connectivity index (χ1n) is 8.45. The predicted octanol–water partition coefficient (Wildman–Crippen LogP) is 4.91. The Bertz CT molecular complexity index is 807. The van der Waals surface area contributed by atoms with Gasteiger partial charge in [0, 0.05) is 30.0 Å². The Morgan fingerprint density at radius 1 is 1.00 bits per heavy atom. The number of likely N-dealkylation sites (tertiary alicyclic amines) is 1. The summed E-state index contributed by atoms with van der Waals surface area (Å²) in [7, 11) is 0. The third kappa shape index (κ3) is 4.71. The summed E-state index contributed by atoms with van der Waals surface area (Å²) in [5, 5.41) is 6.35. The van der Waals surface area contributed by atoms with Crippen LogP contribution in [-0.4, -0.2) is 29.0 Å². The summed E-state index contributed by atoms with van der Waals surface area (Å²) in [5.41, 5.74) is 2.01. The van der Waals surface area contributed by atoms with Gasteiger partial charge in [-0.15, -0.1) is 0 Å². The van der Waals surface area contributed by atoms with Crippen molar-refractivity contribution in [3.63, 3.8) is 0 Å². The number of piperidine rings is 1. The van der Waals surface area contributed by atoms with Gasteiger partial charge in [-0.1, -0.05) is 11.6 Å². The average molecular weight is 392 g/mol. The minimum absolute atomic E-state index is 0.0263. The number of anilines is 2. The van der Waals surface area contributed by atoms with Gasteiger partial charge in [0.25, 0.3) is 5.91 Å². The summed E-state index contributed by atoms with van der Waals surface area (Å²) < 4.78 is 13.2. The van der Waals surface area contributed by atoms with E-state index in [9.17, 15) is 9.18 Å². The second-order valence-electron chi connectivity index (χ2n) is 6.14. The lowest BCUT2D eigenvalue weighted by Crippen LogP contribution is -2.35. The van der Waals surface area contributed by atoms with E-state index in [1.807, 2.05) is 17.0 Å². The van der Waals surface area contributed by atoms with Crippen molar-refractivity contribution in [1.82, 2.24) is 4.90 Å². The van der Waals surface area contributed by atoms with Gasteiger partial charge in [0.1, 0.15) is 5.82 Å². The van der Waals surface area contributed by atoms with Crippen LogP contribution in [0.5, 0.6) is 0 Å². The topological polar surface area (TPSA) is 44.4 Å². The summed E-state index contributed by atoms with van der Waals surface area (Å²) in [6, 6.07) is 11.5. The predicted molar refractivity (Wildman–Crippen MR) is 107 cm³/mol. The SMILES string of the molecule is O=C(c1ccc(NC(=S)Nc2ccc(F)c(Cl)c2)cc1)N1CCCCC1. The van der Waals surface area contributed by atoms with Crippen molar-refractivity contribution in [3.05, 3.63) is 58.9 Å². The first-order chi connectivity index (χ1) is 12.5. The van der Waals surface area contributed by atoms with Crippen molar-refractivity contribution < 1.29 is 9.18 Å². The Kier molecular flexibility index (Phi) is 6.06. The van der Waals surface area contributed by atoms with Crippen molar-refractivity contribution >= 4 is 46.2 Å². The molecule has 2 aromatic rings. The number of nitrogens with one attached hydrogen (secondary N) is 2. The smallest absolute Gasteiger partial charge is 0.253 e. The van der Waals surface area contributed by atoms with Gasteiger partial charge in [0.05, 0.1) is 5.02 Å². The second-order valence-corrected chi connectivity index (χ2v) is 6.95. The van der Waals surface area contributed by atoms with Gasteiger partial charge in [-0.2, -0.15) is 0 Å². The van der Waals surface area contributed by atoms with Crippen molar-refractivity contribution in [2.75, 3.05) is 23.7 Å². The molecule has 0 bridgehead atoms. The van der Waals surface area contributed by atoms with E-state index < -0.39 is 5.82 Å². The monoisotopic (exact) mass is 391 g/mol. The highest BCUT2D eigenvalue weighted by molar-refractivity contribution is 7.80. The summed E-state index contributed by atoms with van der Waals surface area (Å²) in [4.78, 5) is 14.4. The highest BCUT2D eigenvalue weighted by Gasteiger charge is 2.17. The van der Waals surface area contributed by atoms with Gasteiger partial charge in [-0.3, -0.25) is 4.79 Å². The minimum Gasteiger partial charge on any atom is -0.339 e. The molecule has 1 aliphatic heterocycles. The van der Waals surface area contributed by atoms with Crippen LogP contribution in [0.4, 0.5) is 15.8 Å². The highest BCUT2D eigenvalue weighted by Crippen LogP contribution is 2.20. The van der Waals surface area contributed by atoms with Gasteiger partial charge in [0.15, 0.2) is 5.11 Å². The van der Waals surface area contributed by atoms with Crippen LogP contribution in [0.3, 0.4) is 0 Å². The molecule has 1 fully saturated rings. The zero-order valence-electron chi connectivity index (χ0n) is 14.1. The number of amides is 1. The highest BCUT2D eigenvalue weighted by atomic mass is 35.5. The van der Waals surface area contributed by atoms with E-state index >= 15 is 0 Å². The van der Waals surface area contributed by atoms with Crippen LogP contribution in [0.2, 0.25) is 5.02 Å². The molecular weight excluding hydrogens is 373 g/mol. The third-order valence-electron chi connectivity index (χ3n) is 4.21. The van der Waals surface area contributed by atoms with Gasteiger partial charge in [0.2, 0.25) is 0 Å². The molecule has 1 saturated heterocycles. The van der Waals surface area contributed by atoms with E-state index in [0.29, 0.717) is 16.4 Å². The Hall–Kier alpha value is -2.18. The number of carbonyl (C=O) groups is 1. The fourth-order valence-corrected chi connectivity index (χ4v) is 3.26. The van der Waals surface area contributed by atoms with Crippen LogP contribution in [0, 0.1) is 5.82 Å². The maximum Gasteiger partial charge on any atom is 0.253 e. The van der Waals surface area contributed by atoms with Crippen molar-refractivity contribution in [2.24, 2.45) is 0 Å². The van der Waals surface area contributed by atoms with E-state index in [1.165, 1.54) is 18.6 Å². The molecule has 0 unspecified atom stereocenters. The molecule has 0 radical (unpaired) electrons. The zero-order chi connectivity index (χ0) is 18.5. The normalized spacial score (nSPS) is 14.0. The fraction of sp³-hybridized carbons (Fsp3) is 0.263. The molecule has 1 aliphatic rings. The van der Waals surface area contributed by atoms with Crippen LogP contribution < -0.4 is 10.6 Å². The van der Waals surface area contributed by atoms with Crippen molar-refractivity contribution in [3.8, 4) is 0 Å². The molecule has 1 amide bonds. The van der Waals surface area contributed by atoms with Crippen LogP contribution in [0.25, 0.3) is 0 Å². The number of benzene rings is 2. The fourth-order valence-electron chi connectivity index (χ4n) is 2.84. The minimum atomic E-state index is -0.481. The van der Waals surface area contributed by atoms with Crippen LogP contribution >= 0.6 is 23.8 Å². The van der Waals surface area contributed by atoms with E-state index in [2.05, 4.69) is 10.6 Å². The lowest BCUT2D eigenvalue weighted by atomic mass is 10.1. The van der Waals surface area contributed by atoms with E-state index in [1.54, 1.807) is 18.2 Å². The quantitative estimate of drug-likeness (QED) is 0.729. The maximum absolute atomic E-state index is 13.2. The first kappa shape index (κ1) is 18.6. The number of rotatable bonds is 3. The summed E-state index contributed by atoms with van der Waals surface area (Å²) >= 11 is 11.0. The Balaban J connectivity index is 1.58. The maximum atomic E-state index is 13.2. The summed E-state index contributed by atoms with van der Waals surface area (Å²) in [6.07, 6.45) is 3.33. The summed E-state index contributed by atoms with van der Waals surface area (Å²) in [5.74, 6) is -0.414. The van der Waals surface area contributed by atoms with Crippen LogP contribution in [0.1, 0.15) is 29.6 Å². The molecule has 136 valence electrons. The standard InChI is InChI=1S/C19H19ClFN3OS/c20-16-12-15(8-9-17(16)21)23-19(26)22-14-6-4-13(5-7-14)18(25)24-10-2-1-3-11-24/h4-9,12H,1-3,10-11H2,(H2,22,23,26). The lowest BCUT2D eigenvalue weighted by Gasteiger charge is -2.26. The molecule has 0 aromatic heterocycles. The lowest BCUT2D eigenvalue weighted by molar-refractivity contribution is 0.0724. The van der Waals surface area contributed by atoms with Gasteiger partial charge < -0.3 is 15.5 Å². The second kappa shape index (κ2) is 8.47. The molecule has 0 spiro atoms. The van der Waals surface area contributed by atoms with E-state index in [0.717, 1.165) is 31.6 Å². The first-order valence-corrected chi connectivity index (χ1v) is 9.24. The Morgan fingerprint density at radius 2 is 1.62 bits per heavy atom. The van der Waals surface area contributed by atoms with Gasteiger partial charge in [-0.25, -0.2) is 4.39 Å². The Morgan fingerprint density at radius 3 is 2.27 bits per heavy atom. The molecule has 7 heteroatoms. The molecule has 1 heterocycles. The molecule has 2 aromatic carbocycles. The molecule has 26 heavy (non-hydrogen) atoms. The number of halogens is 2. The van der Waals surface area contributed by atoms with Crippen LogP contribution in [-0.2, 0) is 0 Å². The molecule has 0 saturated carbocycles. The van der Waals surface area contributed by atoms with E-state index in [4.69, 9.17) is 23.8 Å². The number of thiocarbonyl (C=S) groups is 1. The van der Waals surface area contributed by atoms with Gasteiger partial charge in [-0.05, 0) is 73.9 Å². The van der Waals surface area contributed by atoms with Crippen molar-refractivity contribution in [2.45, 2.75) is 19.3 Å². The number of nitrogens with zero attached hydrogens (tertiary/aromatic N) is 1. The number of carbonyl (C=O) groups excluding carboxylic acids is 1. The zero-order valence-corrected chi connectivity index (χ0v) is 15.7. The van der Waals surface area contributed by atoms with Gasteiger partial charge >= 0.3 is 0 Å². The molecule has 0 aliphatic carbocycles. The summed E-state index contributed by atoms with van der Waals surface area (Å²) in [6.45, 7) is 1.65. The molecule has 0 atom stereocenters. The largest absolute Gasteiger partial charge is 0.339 e. The molecule has 3 rings (SSSR count).